The molecule has 124 valence electrons. The zero-order chi connectivity index (χ0) is 16.0. The standard InChI is InChI=1S/C14H21N3O3S.ClH/c1-9(2)6-11(8-15)16-14(18)10-4-5-13(21-3)12(7-10)17(19)20;/h4-5,7,9,11H,6,8,15H2,1-3H3,(H,16,18);1H. The fraction of sp³-hybridized carbons (Fsp3) is 0.500. The summed E-state index contributed by atoms with van der Waals surface area (Å²) in [6, 6.07) is 4.37. The maximum absolute atomic E-state index is 12.2. The van der Waals surface area contributed by atoms with Crippen molar-refractivity contribution in [2.24, 2.45) is 11.7 Å². The number of benzene rings is 1. The second-order valence-electron chi connectivity index (χ2n) is 5.18. The quantitative estimate of drug-likeness (QED) is 0.449. The Balaban J connectivity index is 0.00000441. The van der Waals surface area contributed by atoms with Gasteiger partial charge in [-0.2, -0.15) is 0 Å². The minimum Gasteiger partial charge on any atom is -0.348 e. The number of nitrogens with zero attached hydrogens (tertiary/aromatic N) is 1. The van der Waals surface area contributed by atoms with Gasteiger partial charge in [-0.05, 0) is 30.7 Å². The first-order chi connectivity index (χ1) is 9.88. The van der Waals surface area contributed by atoms with Crippen LogP contribution < -0.4 is 11.1 Å². The number of hydrogen-bond donors (Lipinski definition) is 2. The van der Waals surface area contributed by atoms with Crippen LogP contribution in [0.3, 0.4) is 0 Å². The lowest BCUT2D eigenvalue weighted by Gasteiger charge is -2.18. The lowest BCUT2D eigenvalue weighted by molar-refractivity contribution is -0.387. The van der Waals surface area contributed by atoms with E-state index < -0.39 is 4.92 Å². The molecule has 8 heteroatoms. The number of nitro benzene ring substituents is 1. The Morgan fingerprint density at radius 1 is 1.45 bits per heavy atom. The van der Waals surface area contributed by atoms with Gasteiger partial charge in [-0.1, -0.05) is 13.8 Å². The molecule has 0 saturated carbocycles. The van der Waals surface area contributed by atoms with Crippen molar-refractivity contribution >= 4 is 35.8 Å². The molecule has 1 rings (SSSR count). The smallest absolute Gasteiger partial charge is 0.283 e. The Kier molecular flexibility index (Phi) is 9.08. The third kappa shape index (κ3) is 5.82. The number of carbonyl (C=O) groups excluding carboxylic acids is 1. The van der Waals surface area contributed by atoms with Crippen molar-refractivity contribution in [1.29, 1.82) is 0 Å². The number of thioether (sulfide) groups is 1. The van der Waals surface area contributed by atoms with Gasteiger partial charge in [-0.25, -0.2) is 0 Å². The van der Waals surface area contributed by atoms with Crippen molar-refractivity contribution in [1.82, 2.24) is 5.32 Å². The molecule has 6 nitrogen and oxygen atoms in total. The van der Waals surface area contributed by atoms with Crippen LogP contribution in [0.15, 0.2) is 23.1 Å². The van der Waals surface area contributed by atoms with E-state index in [1.54, 1.807) is 18.4 Å². The molecule has 0 bridgehead atoms. The monoisotopic (exact) mass is 347 g/mol. The fourth-order valence-corrected chi connectivity index (χ4v) is 2.57. The zero-order valence-electron chi connectivity index (χ0n) is 12.9. The molecule has 1 unspecified atom stereocenters. The van der Waals surface area contributed by atoms with Crippen LogP contribution in [0.4, 0.5) is 5.69 Å². The molecule has 0 aliphatic carbocycles. The molecule has 1 atom stereocenters. The predicted molar refractivity (Wildman–Crippen MR) is 91.9 cm³/mol. The molecule has 1 aromatic rings. The van der Waals surface area contributed by atoms with Crippen LogP contribution in [-0.2, 0) is 0 Å². The van der Waals surface area contributed by atoms with Crippen molar-refractivity contribution in [2.45, 2.75) is 31.2 Å². The summed E-state index contributed by atoms with van der Waals surface area (Å²) in [7, 11) is 0. The lowest BCUT2D eigenvalue weighted by atomic mass is 10.0. The molecular formula is C14H22ClN3O3S. The van der Waals surface area contributed by atoms with Crippen molar-refractivity contribution in [3.8, 4) is 0 Å². The van der Waals surface area contributed by atoms with Crippen LogP contribution in [0.5, 0.6) is 0 Å². The van der Waals surface area contributed by atoms with Crippen molar-refractivity contribution in [3.05, 3.63) is 33.9 Å². The van der Waals surface area contributed by atoms with Crippen molar-refractivity contribution < 1.29 is 9.72 Å². The average Bonchev–Trinajstić information content (AvgIpc) is 2.45. The van der Waals surface area contributed by atoms with Crippen LogP contribution in [0.1, 0.15) is 30.6 Å². The number of rotatable bonds is 7. The van der Waals surface area contributed by atoms with E-state index in [0.29, 0.717) is 17.4 Å². The summed E-state index contributed by atoms with van der Waals surface area (Å²) < 4.78 is 0. The summed E-state index contributed by atoms with van der Waals surface area (Å²) in [5.41, 5.74) is 5.87. The van der Waals surface area contributed by atoms with E-state index in [4.69, 9.17) is 5.73 Å². The molecule has 3 N–H and O–H groups in total. The summed E-state index contributed by atoms with van der Waals surface area (Å²) in [6.45, 7) is 4.44. The number of carbonyl (C=O) groups is 1. The third-order valence-corrected chi connectivity index (χ3v) is 3.80. The largest absolute Gasteiger partial charge is 0.348 e. The van der Waals surface area contributed by atoms with E-state index >= 15 is 0 Å². The van der Waals surface area contributed by atoms with Gasteiger partial charge in [0.05, 0.1) is 9.82 Å². The van der Waals surface area contributed by atoms with Gasteiger partial charge in [0.1, 0.15) is 0 Å². The number of amides is 1. The highest BCUT2D eigenvalue weighted by atomic mass is 35.5. The first-order valence-electron chi connectivity index (χ1n) is 6.72. The molecule has 0 saturated heterocycles. The van der Waals surface area contributed by atoms with Gasteiger partial charge in [-0.15, -0.1) is 24.2 Å². The van der Waals surface area contributed by atoms with Crippen LogP contribution in [0.2, 0.25) is 0 Å². The van der Waals surface area contributed by atoms with E-state index in [-0.39, 0.29) is 35.6 Å². The van der Waals surface area contributed by atoms with Crippen LogP contribution in [-0.4, -0.2) is 29.7 Å². The topological polar surface area (TPSA) is 98.3 Å². The number of nitrogens with one attached hydrogen (secondary N) is 1. The number of nitrogens with two attached hydrogens (primary N) is 1. The van der Waals surface area contributed by atoms with E-state index in [1.807, 2.05) is 13.8 Å². The molecule has 1 amide bonds. The maximum Gasteiger partial charge on any atom is 0.283 e. The molecule has 22 heavy (non-hydrogen) atoms. The van der Waals surface area contributed by atoms with Gasteiger partial charge in [0.15, 0.2) is 0 Å². The predicted octanol–water partition coefficient (Wildman–Crippen LogP) is 2.84. The van der Waals surface area contributed by atoms with Gasteiger partial charge in [0.25, 0.3) is 11.6 Å². The summed E-state index contributed by atoms with van der Waals surface area (Å²) in [6.07, 6.45) is 2.53. The van der Waals surface area contributed by atoms with Crippen LogP contribution in [0.25, 0.3) is 0 Å². The average molecular weight is 348 g/mol. The Labute approximate surface area is 140 Å². The first kappa shape index (κ1) is 20.7. The van der Waals surface area contributed by atoms with Gasteiger partial charge < -0.3 is 11.1 Å². The minimum absolute atomic E-state index is 0. The summed E-state index contributed by atoms with van der Waals surface area (Å²) >= 11 is 1.28. The third-order valence-electron chi connectivity index (χ3n) is 3.01. The molecule has 1 aromatic carbocycles. The summed E-state index contributed by atoms with van der Waals surface area (Å²) in [4.78, 5) is 23.3. The van der Waals surface area contributed by atoms with E-state index in [9.17, 15) is 14.9 Å². The second kappa shape index (κ2) is 9.66. The Morgan fingerprint density at radius 2 is 2.09 bits per heavy atom. The Hall–Kier alpha value is -1.31. The van der Waals surface area contributed by atoms with E-state index in [2.05, 4.69) is 5.32 Å². The molecular weight excluding hydrogens is 326 g/mol. The molecule has 0 aliphatic heterocycles. The highest BCUT2D eigenvalue weighted by molar-refractivity contribution is 7.98. The van der Waals surface area contributed by atoms with Gasteiger partial charge in [0, 0.05) is 24.2 Å². The summed E-state index contributed by atoms with van der Waals surface area (Å²) in [5.74, 6) is 0.0777. The fourth-order valence-electron chi connectivity index (χ4n) is 2.03. The lowest BCUT2D eigenvalue weighted by Crippen LogP contribution is -2.41. The zero-order valence-corrected chi connectivity index (χ0v) is 14.5. The van der Waals surface area contributed by atoms with E-state index in [1.165, 1.54) is 17.8 Å². The molecule has 0 fully saturated rings. The SMILES string of the molecule is CSc1ccc(C(=O)NC(CN)CC(C)C)cc1[N+](=O)[O-].Cl. The highest BCUT2D eigenvalue weighted by Gasteiger charge is 2.19. The van der Waals surface area contributed by atoms with E-state index in [0.717, 1.165) is 6.42 Å². The number of nitro groups is 1. The molecule has 0 radical (unpaired) electrons. The van der Waals surface area contributed by atoms with Gasteiger partial charge in [0.2, 0.25) is 0 Å². The summed E-state index contributed by atoms with van der Waals surface area (Å²) in [5, 5.41) is 13.8. The van der Waals surface area contributed by atoms with Crippen LogP contribution in [0, 0.1) is 16.0 Å². The number of hydrogen-bond acceptors (Lipinski definition) is 5. The van der Waals surface area contributed by atoms with Gasteiger partial charge >= 0.3 is 0 Å². The van der Waals surface area contributed by atoms with Crippen LogP contribution >= 0.6 is 24.2 Å². The Bertz CT molecular complexity index is 526. The molecule has 0 aromatic heterocycles. The second-order valence-corrected chi connectivity index (χ2v) is 6.03. The van der Waals surface area contributed by atoms with Crippen molar-refractivity contribution in [3.63, 3.8) is 0 Å². The molecule has 0 aliphatic rings. The van der Waals surface area contributed by atoms with Gasteiger partial charge in [-0.3, -0.25) is 14.9 Å². The number of halogens is 1. The molecule has 0 heterocycles. The normalized spacial score (nSPS) is 11.7. The minimum atomic E-state index is -0.475. The Morgan fingerprint density at radius 3 is 2.55 bits per heavy atom. The first-order valence-corrected chi connectivity index (χ1v) is 7.94. The maximum atomic E-state index is 12.2. The molecule has 0 spiro atoms. The highest BCUT2D eigenvalue weighted by Crippen LogP contribution is 2.28. The van der Waals surface area contributed by atoms with Crippen molar-refractivity contribution in [2.75, 3.05) is 12.8 Å².